The second kappa shape index (κ2) is 6.69. The highest BCUT2D eigenvalue weighted by Gasteiger charge is 2.08. The van der Waals surface area contributed by atoms with Gasteiger partial charge in [-0.3, -0.25) is 0 Å². The smallest absolute Gasteiger partial charge is 0.0471 e. The fourth-order valence-electron chi connectivity index (χ4n) is 2.35. The predicted octanol–water partition coefficient (Wildman–Crippen LogP) is 5.24. The van der Waals surface area contributed by atoms with Crippen molar-refractivity contribution >= 4 is 22.2 Å². The van der Waals surface area contributed by atoms with Gasteiger partial charge in [-0.05, 0) is 38.1 Å². The zero-order valence-electron chi connectivity index (χ0n) is 13.1. The average Bonchev–Trinajstić information content (AvgIpc) is 2.96. The first kappa shape index (κ1) is 15.5. The van der Waals surface area contributed by atoms with Crippen LogP contribution in [0.2, 0.25) is 0 Å². The van der Waals surface area contributed by atoms with E-state index in [2.05, 4.69) is 36.2 Å². The lowest BCUT2D eigenvalue weighted by Gasteiger charge is -2.14. The Balaban J connectivity index is 2.46. The third-order valence-corrected chi connectivity index (χ3v) is 3.50. The van der Waals surface area contributed by atoms with Gasteiger partial charge in [0.1, 0.15) is 0 Å². The first-order valence-corrected chi connectivity index (χ1v) is 7.13. The molecule has 0 fully saturated rings. The van der Waals surface area contributed by atoms with E-state index in [1.165, 1.54) is 0 Å². The van der Waals surface area contributed by atoms with E-state index in [-0.39, 0.29) is 0 Å². The Kier molecular flexibility index (Phi) is 4.70. The van der Waals surface area contributed by atoms with E-state index in [9.17, 15) is 0 Å². The lowest BCUT2D eigenvalue weighted by Crippen LogP contribution is -2.05. The van der Waals surface area contributed by atoms with Gasteiger partial charge in [0.05, 0.1) is 0 Å². The van der Waals surface area contributed by atoms with Crippen LogP contribution < -0.4 is 4.90 Å². The third kappa shape index (κ3) is 2.89. The molecule has 1 heterocycles. The number of aromatic amines is 1. The van der Waals surface area contributed by atoms with E-state index in [1.54, 1.807) is 6.20 Å². The summed E-state index contributed by atoms with van der Waals surface area (Å²) < 4.78 is 0. The minimum absolute atomic E-state index is 0.799. The van der Waals surface area contributed by atoms with Crippen molar-refractivity contribution in [3.63, 3.8) is 0 Å². The number of hydrogen-bond donors (Lipinski definition) is 1. The van der Waals surface area contributed by atoms with E-state index >= 15 is 0 Å². The second-order valence-electron chi connectivity index (χ2n) is 4.85. The lowest BCUT2D eigenvalue weighted by atomic mass is 10.1. The highest BCUT2D eigenvalue weighted by Crippen LogP contribution is 2.27. The Morgan fingerprint density at radius 1 is 1.32 bits per heavy atom. The maximum absolute atomic E-state index is 5.51. The summed E-state index contributed by atoms with van der Waals surface area (Å²) in [6.45, 7) is 11.8. The SMILES string of the molecule is C#C/C(=C\C)C(=C)c1cc2cc(N(C=C)/C=C\C)ccc2[nH]1. The normalized spacial score (nSPS) is 11.6. The van der Waals surface area contributed by atoms with Crippen LogP contribution in [-0.4, -0.2) is 4.98 Å². The molecule has 0 aliphatic rings. The summed E-state index contributed by atoms with van der Waals surface area (Å²) in [5.41, 5.74) is 4.68. The zero-order chi connectivity index (χ0) is 16.1. The number of rotatable bonds is 5. The van der Waals surface area contributed by atoms with Crippen LogP contribution in [0.25, 0.3) is 16.5 Å². The van der Waals surface area contributed by atoms with E-state index in [1.807, 2.05) is 49.2 Å². The van der Waals surface area contributed by atoms with E-state index in [0.717, 1.165) is 33.4 Å². The van der Waals surface area contributed by atoms with Gasteiger partial charge in [-0.1, -0.05) is 31.2 Å². The Labute approximate surface area is 132 Å². The summed E-state index contributed by atoms with van der Waals surface area (Å²) in [6.07, 6.45) is 13.1. The summed E-state index contributed by atoms with van der Waals surface area (Å²) in [5.74, 6) is 2.66. The van der Waals surface area contributed by atoms with Crippen LogP contribution in [0.1, 0.15) is 19.5 Å². The minimum atomic E-state index is 0.799. The van der Waals surface area contributed by atoms with Crippen molar-refractivity contribution in [3.05, 3.63) is 73.2 Å². The number of nitrogens with zero attached hydrogens (tertiary/aromatic N) is 1. The van der Waals surface area contributed by atoms with Gasteiger partial charge in [0.2, 0.25) is 0 Å². The van der Waals surface area contributed by atoms with Crippen molar-refractivity contribution in [1.29, 1.82) is 0 Å². The quantitative estimate of drug-likeness (QED) is 0.588. The molecule has 0 unspecified atom stereocenters. The Bertz CT molecular complexity index is 810. The van der Waals surface area contributed by atoms with E-state index in [4.69, 9.17) is 6.42 Å². The van der Waals surface area contributed by atoms with Crippen LogP contribution in [0.5, 0.6) is 0 Å². The first-order valence-electron chi connectivity index (χ1n) is 7.13. The average molecular weight is 288 g/mol. The fourth-order valence-corrected chi connectivity index (χ4v) is 2.35. The number of fused-ring (bicyclic) bond motifs is 1. The number of nitrogens with one attached hydrogen (secondary N) is 1. The molecule has 0 saturated heterocycles. The van der Waals surface area contributed by atoms with Crippen LogP contribution in [0.4, 0.5) is 5.69 Å². The van der Waals surface area contributed by atoms with Gasteiger partial charge < -0.3 is 9.88 Å². The number of aromatic nitrogens is 1. The zero-order valence-corrected chi connectivity index (χ0v) is 13.1. The van der Waals surface area contributed by atoms with Crippen molar-refractivity contribution in [2.24, 2.45) is 0 Å². The molecule has 110 valence electrons. The van der Waals surface area contributed by atoms with Crippen LogP contribution in [-0.2, 0) is 0 Å². The summed E-state index contributed by atoms with van der Waals surface area (Å²) in [6, 6.07) is 8.27. The number of allylic oxidation sites excluding steroid dienone is 4. The lowest BCUT2D eigenvalue weighted by molar-refractivity contribution is 1.28. The molecule has 0 aliphatic heterocycles. The Morgan fingerprint density at radius 3 is 2.68 bits per heavy atom. The molecule has 2 heteroatoms. The van der Waals surface area contributed by atoms with Gasteiger partial charge >= 0.3 is 0 Å². The van der Waals surface area contributed by atoms with E-state index in [0.29, 0.717) is 0 Å². The van der Waals surface area contributed by atoms with Gasteiger partial charge in [-0.25, -0.2) is 0 Å². The predicted molar refractivity (Wildman–Crippen MR) is 97.4 cm³/mol. The number of anilines is 1. The van der Waals surface area contributed by atoms with Crippen molar-refractivity contribution in [2.75, 3.05) is 4.90 Å². The summed E-state index contributed by atoms with van der Waals surface area (Å²) in [7, 11) is 0. The van der Waals surface area contributed by atoms with Gasteiger partial charge in [0.15, 0.2) is 0 Å². The highest BCUT2D eigenvalue weighted by atomic mass is 15.1. The topological polar surface area (TPSA) is 19.0 Å². The number of hydrogen-bond acceptors (Lipinski definition) is 1. The molecule has 1 N–H and O–H groups in total. The molecule has 2 rings (SSSR count). The summed E-state index contributed by atoms with van der Waals surface area (Å²) >= 11 is 0. The molecule has 1 aromatic carbocycles. The monoisotopic (exact) mass is 288 g/mol. The molecule has 1 aromatic heterocycles. The molecule has 22 heavy (non-hydrogen) atoms. The Hall–Kier alpha value is -2.92. The Morgan fingerprint density at radius 2 is 2.09 bits per heavy atom. The van der Waals surface area contributed by atoms with Crippen molar-refractivity contribution in [3.8, 4) is 12.3 Å². The highest BCUT2D eigenvalue weighted by molar-refractivity contribution is 5.91. The number of terminal acetylenes is 1. The summed E-state index contributed by atoms with van der Waals surface area (Å²) in [4.78, 5) is 5.33. The van der Waals surface area contributed by atoms with Crippen molar-refractivity contribution in [2.45, 2.75) is 13.8 Å². The van der Waals surface area contributed by atoms with Crippen LogP contribution in [0, 0.1) is 12.3 Å². The van der Waals surface area contributed by atoms with Crippen molar-refractivity contribution in [1.82, 2.24) is 4.98 Å². The minimum Gasteiger partial charge on any atom is -0.355 e. The van der Waals surface area contributed by atoms with Gasteiger partial charge in [0, 0.05) is 45.8 Å². The molecule has 0 spiro atoms. The fraction of sp³-hybridized carbons (Fsp3) is 0.100. The van der Waals surface area contributed by atoms with Crippen LogP contribution in [0.15, 0.2) is 67.5 Å². The van der Waals surface area contributed by atoms with Gasteiger partial charge in [-0.2, -0.15) is 0 Å². The summed E-state index contributed by atoms with van der Waals surface area (Å²) in [5, 5.41) is 1.11. The molecule has 2 nitrogen and oxygen atoms in total. The van der Waals surface area contributed by atoms with Crippen LogP contribution in [0.3, 0.4) is 0 Å². The van der Waals surface area contributed by atoms with E-state index < -0.39 is 0 Å². The standard InChI is InChI=1S/C20H20N2/c1-6-12-22(9-4)18-10-11-19-17(13-18)14-20(21-19)15(5)16(7-2)8-3/h2,6,8-14,21H,4-5H2,1,3H3/b12-6-,16-8+. The number of benzene rings is 1. The molecule has 2 aromatic rings. The first-order chi connectivity index (χ1) is 10.6. The van der Waals surface area contributed by atoms with Gasteiger partial charge in [-0.15, -0.1) is 6.42 Å². The molecule has 0 bridgehead atoms. The van der Waals surface area contributed by atoms with Crippen molar-refractivity contribution < 1.29 is 0 Å². The largest absolute Gasteiger partial charge is 0.355 e. The molecule has 0 aliphatic carbocycles. The third-order valence-electron chi connectivity index (χ3n) is 3.50. The van der Waals surface area contributed by atoms with Crippen LogP contribution >= 0.6 is 0 Å². The maximum Gasteiger partial charge on any atom is 0.0471 e. The number of H-pyrrole nitrogens is 1. The maximum atomic E-state index is 5.51. The molecular weight excluding hydrogens is 268 g/mol. The molecular formula is C20H20N2. The molecule has 0 amide bonds. The second-order valence-corrected chi connectivity index (χ2v) is 4.85. The molecule has 0 saturated carbocycles. The molecule has 0 radical (unpaired) electrons. The molecule has 0 atom stereocenters. The van der Waals surface area contributed by atoms with Gasteiger partial charge in [0.25, 0.3) is 0 Å².